The first-order valence-corrected chi connectivity index (χ1v) is 9.50. The normalized spacial score (nSPS) is 10.8. The zero-order valence-electron chi connectivity index (χ0n) is 10.4. The predicted molar refractivity (Wildman–Crippen MR) is 78.5 cm³/mol. The topological polar surface area (TPSA) is 26.0 Å². The fraction of sp³-hybridized carbons (Fsp3) is 0.385. The van der Waals surface area contributed by atoms with Gasteiger partial charge >= 0.3 is 0 Å². The summed E-state index contributed by atoms with van der Waals surface area (Å²) in [4.78, 5) is 0. The largest absolute Gasteiger partial charge is 0.398 e. The molecule has 0 aliphatic rings. The van der Waals surface area contributed by atoms with Gasteiger partial charge in [0.15, 0.2) is 0 Å². The zero-order valence-corrected chi connectivity index (χ0v) is 12.3. The van der Waals surface area contributed by atoms with Gasteiger partial charge in [-0.3, -0.25) is 0 Å². The number of hydrogen-bond donors (Lipinski definition) is 2. The van der Waals surface area contributed by atoms with Gasteiger partial charge in [-0.2, -0.15) is 12.6 Å². The molecule has 0 atom stereocenters. The molecule has 0 aliphatic heterocycles. The van der Waals surface area contributed by atoms with Crippen LogP contribution in [0.3, 0.4) is 0 Å². The first-order chi connectivity index (χ1) is 7.33. The van der Waals surface area contributed by atoms with Crippen molar-refractivity contribution >= 4 is 26.4 Å². The van der Waals surface area contributed by atoms with Crippen molar-refractivity contribution in [2.45, 2.75) is 32.3 Å². The summed E-state index contributed by atoms with van der Waals surface area (Å²) in [5.74, 6) is 3.93. The smallest absolute Gasteiger partial charge is 0.129 e. The molecule has 2 N–H and O–H groups in total. The second-order valence-electron chi connectivity index (χ2n) is 5.01. The van der Waals surface area contributed by atoms with Crippen LogP contribution in [0, 0.1) is 18.4 Å². The number of hydrogen-bond acceptors (Lipinski definition) is 2. The quantitative estimate of drug-likeness (QED) is 0.340. The number of anilines is 1. The van der Waals surface area contributed by atoms with Gasteiger partial charge in [0.1, 0.15) is 8.07 Å². The Labute approximate surface area is 105 Å². The van der Waals surface area contributed by atoms with Gasteiger partial charge in [0.2, 0.25) is 0 Å². The Hall–Kier alpha value is -0.853. The Kier molecular flexibility index (Phi) is 4.12. The molecule has 0 saturated heterocycles. The van der Waals surface area contributed by atoms with Gasteiger partial charge in [0, 0.05) is 17.0 Å². The maximum atomic E-state index is 5.95. The van der Waals surface area contributed by atoms with Crippen LogP contribution < -0.4 is 5.73 Å². The molecule has 1 rings (SSSR count). The average Bonchev–Trinajstić information content (AvgIpc) is 2.18. The van der Waals surface area contributed by atoms with E-state index in [0.717, 1.165) is 16.8 Å². The highest BCUT2D eigenvalue weighted by Crippen LogP contribution is 2.20. The third-order valence-electron chi connectivity index (χ3n) is 2.31. The molecule has 0 unspecified atom stereocenters. The minimum atomic E-state index is -1.32. The van der Waals surface area contributed by atoms with Crippen LogP contribution in [0.15, 0.2) is 12.1 Å². The second-order valence-corrected chi connectivity index (χ2v) is 10.1. The minimum Gasteiger partial charge on any atom is -0.398 e. The van der Waals surface area contributed by atoms with Gasteiger partial charge < -0.3 is 5.73 Å². The van der Waals surface area contributed by atoms with E-state index in [4.69, 9.17) is 5.73 Å². The van der Waals surface area contributed by atoms with E-state index in [1.165, 1.54) is 5.56 Å². The Morgan fingerprint density at radius 3 is 2.44 bits per heavy atom. The molecule has 0 spiro atoms. The van der Waals surface area contributed by atoms with E-state index in [9.17, 15) is 0 Å². The molecule has 0 fully saturated rings. The maximum absolute atomic E-state index is 5.95. The number of nitrogen functional groups attached to an aromatic ring is 1. The van der Waals surface area contributed by atoms with Crippen molar-refractivity contribution in [1.29, 1.82) is 0 Å². The Morgan fingerprint density at radius 1 is 1.31 bits per heavy atom. The van der Waals surface area contributed by atoms with E-state index in [1.54, 1.807) is 0 Å². The van der Waals surface area contributed by atoms with Crippen LogP contribution in [0.5, 0.6) is 0 Å². The fourth-order valence-corrected chi connectivity index (χ4v) is 2.14. The molecule has 16 heavy (non-hydrogen) atoms. The third kappa shape index (κ3) is 3.62. The number of benzene rings is 1. The van der Waals surface area contributed by atoms with E-state index in [2.05, 4.69) is 49.8 Å². The summed E-state index contributed by atoms with van der Waals surface area (Å²) in [6.45, 7) is 8.72. The number of rotatable bonds is 1. The third-order valence-corrected chi connectivity index (χ3v) is 3.52. The van der Waals surface area contributed by atoms with Crippen molar-refractivity contribution in [3.63, 3.8) is 0 Å². The zero-order chi connectivity index (χ0) is 12.3. The second kappa shape index (κ2) is 4.99. The summed E-state index contributed by atoms with van der Waals surface area (Å²) in [6.07, 6.45) is 0. The lowest BCUT2D eigenvalue weighted by atomic mass is 10.0. The van der Waals surface area contributed by atoms with Crippen LogP contribution >= 0.6 is 12.6 Å². The van der Waals surface area contributed by atoms with Crippen molar-refractivity contribution in [2.75, 3.05) is 5.73 Å². The molecule has 0 aliphatic carbocycles. The van der Waals surface area contributed by atoms with E-state index >= 15 is 0 Å². The molecule has 3 heteroatoms. The van der Waals surface area contributed by atoms with Crippen LogP contribution in [0.25, 0.3) is 0 Å². The summed E-state index contributed by atoms with van der Waals surface area (Å²) >= 11 is 4.30. The molecule has 0 aromatic heterocycles. The van der Waals surface area contributed by atoms with Crippen LogP contribution in [0.4, 0.5) is 5.69 Å². The molecular formula is C13H19NSSi. The highest BCUT2D eigenvalue weighted by atomic mass is 32.1. The van der Waals surface area contributed by atoms with Crippen molar-refractivity contribution in [1.82, 2.24) is 0 Å². The van der Waals surface area contributed by atoms with Gasteiger partial charge in [-0.15, -0.1) is 5.54 Å². The van der Waals surface area contributed by atoms with Crippen LogP contribution in [-0.2, 0) is 5.75 Å². The maximum Gasteiger partial charge on any atom is 0.129 e. The molecule has 0 saturated carbocycles. The Bertz CT molecular complexity index is 449. The van der Waals surface area contributed by atoms with Crippen molar-refractivity contribution < 1.29 is 0 Å². The van der Waals surface area contributed by atoms with Gasteiger partial charge in [-0.05, 0) is 30.2 Å². The summed E-state index contributed by atoms with van der Waals surface area (Å²) in [5, 5.41) is 0. The molecule has 1 aromatic carbocycles. The standard InChI is InChI=1S/C13H19NSSi/c1-10-12(9-15)7-11(8-13(10)14)5-6-16(2,3)4/h7-8,15H,9,14H2,1-4H3. The molecule has 0 amide bonds. The predicted octanol–water partition coefficient (Wildman–Crippen LogP) is 3.24. The van der Waals surface area contributed by atoms with Gasteiger partial charge in [0.05, 0.1) is 0 Å². The van der Waals surface area contributed by atoms with Gasteiger partial charge in [-0.1, -0.05) is 25.6 Å². The molecule has 86 valence electrons. The SMILES string of the molecule is Cc1c(N)cc(C#C[Si](C)(C)C)cc1CS. The van der Waals surface area contributed by atoms with Crippen molar-refractivity contribution in [3.05, 3.63) is 28.8 Å². The first-order valence-electron chi connectivity index (χ1n) is 5.36. The molecule has 0 heterocycles. The molecule has 0 bridgehead atoms. The van der Waals surface area contributed by atoms with E-state index in [1.807, 2.05) is 13.0 Å². The van der Waals surface area contributed by atoms with Crippen molar-refractivity contribution in [3.8, 4) is 11.5 Å². The first kappa shape index (κ1) is 13.2. The molecule has 0 radical (unpaired) electrons. The molecule has 1 nitrogen and oxygen atoms in total. The summed E-state index contributed by atoms with van der Waals surface area (Å²) in [6, 6.07) is 4.04. The lowest BCUT2D eigenvalue weighted by Crippen LogP contribution is -2.16. The average molecular weight is 249 g/mol. The van der Waals surface area contributed by atoms with Crippen LogP contribution in [0.2, 0.25) is 19.6 Å². The fourth-order valence-electron chi connectivity index (χ4n) is 1.29. The lowest BCUT2D eigenvalue weighted by Gasteiger charge is -2.08. The lowest BCUT2D eigenvalue weighted by molar-refractivity contribution is 1.31. The highest BCUT2D eigenvalue weighted by molar-refractivity contribution is 7.79. The van der Waals surface area contributed by atoms with Crippen LogP contribution in [-0.4, -0.2) is 8.07 Å². The highest BCUT2D eigenvalue weighted by Gasteiger charge is 2.08. The summed E-state index contributed by atoms with van der Waals surface area (Å²) in [7, 11) is -1.32. The summed E-state index contributed by atoms with van der Waals surface area (Å²) < 4.78 is 0. The number of nitrogens with two attached hydrogens (primary N) is 1. The van der Waals surface area contributed by atoms with Gasteiger partial charge in [0.25, 0.3) is 0 Å². The minimum absolute atomic E-state index is 0.707. The van der Waals surface area contributed by atoms with E-state index in [0.29, 0.717) is 5.75 Å². The Balaban J connectivity index is 3.16. The van der Waals surface area contributed by atoms with Gasteiger partial charge in [-0.25, -0.2) is 0 Å². The Morgan fingerprint density at radius 2 is 1.94 bits per heavy atom. The van der Waals surface area contributed by atoms with Crippen LogP contribution in [0.1, 0.15) is 16.7 Å². The summed E-state index contributed by atoms with van der Waals surface area (Å²) in [5.41, 5.74) is 13.4. The van der Waals surface area contributed by atoms with E-state index in [-0.39, 0.29) is 0 Å². The molecular weight excluding hydrogens is 230 g/mol. The molecule has 1 aromatic rings. The van der Waals surface area contributed by atoms with E-state index < -0.39 is 8.07 Å². The number of thiol groups is 1. The van der Waals surface area contributed by atoms with Crippen molar-refractivity contribution in [2.24, 2.45) is 0 Å². The monoisotopic (exact) mass is 249 g/mol.